The molecule has 1 aromatic rings. The van der Waals surface area contributed by atoms with E-state index in [4.69, 9.17) is 5.73 Å². The summed E-state index contributed by atoms with van der Waals surface area (Å²) < 4.78 is 0. The molecule has 6 nitrogen and oxygen atoms in total. The predicted molar refractivity (Wildman–Crippen MR) is 57.0 cm³/mol. The topological polar surface area (TPSA) is 85.8 Å². The lowest BCUT2D eigenvalue weighted by Gasteiger charge is -2.22. The molecular formula is C9H17N5O. The average Bonchev–Trinajstić information content (AvgIpc) is 2.47. The Morgan fingerprint density at radius 1 is 1.60 bits per heavy atom. The molecule has 0 spiro atoms. The highest BCUT2D eigenvalue weighted by molar-refractivity contribution is 5.80. The molecule has 0 bridgehead atoms. The number of nitrogens with zero attached hydrogens (tertiary/aromatic N) is 3. The smallest absolute Gasteiger partial charge is 0.246 e. The standard InChI is InChI=1S/C9H17N5O/c1-6(8(15)12-9(2,3)4)14-11-5-7(10)13-14/h5-6H,1-4H3,(H2,10,13)(H,12,15). The van der Waals surface area contributed by atoms with Gasteiger partial charge in [-0.15, -0.1) is 5.10 Å². The van der Waals surface area contributed by atoms with Crippen LogP contribution in [0.15, 0.2) is 6.20 Å². The van der Waals surface area contributed by atoms with E-state index >= 15 is 0 Å². The molecule has 1 heterocycles. The van der Waals surface area contributed by atoms with Gasteiger partial charge in [-0.05, 0) is 27.7 Å². The number of rotatable bonds is 2. The summed E-state index contributed by atoms with van der Waals surface area (Å²) in [5, 5.41) is 10.6. The molecule has 0 radical (unpaired) electrons. The fourth-order valence-corrected chi connectivity index (χ4v) is 1.05. The molecule has 0 saturated heterocycles. The van der Waals surface area contributed by atoms with Gasteiger partial charge >= 0.3 is 0 Å². The van der Waals surface area contributed by atoms with Gasteiger partial charge in [-0.2, -0.15) is 9.90 Å². The van der Waals surface area contributed by atoms with Crippen LogP contribution in [0.3, 0.4) is 0 Å². The maximum absolute atomic E-state index is 11.7. The van der Waals surface area contributed by atoms with Crippen LogP contribution in [0.2, 0.25) is 0 Å². The number of aromatic nitrogens is 3. The number of amides is 1. The monoisotopic (exact) mass is 211 g/mol. The van der Waals surface area contributed by atoms with Crippen LogP contribution in [-0.4, -0.2) is 26.4 Å². The maximum atomic E-state index is 11.7. The predicted octanol–water partition coefficient (Wildman–Crippen LogP) is 0.336. The molecule has 1 amide bonds. The third-order valence-electron chi connectivity index (χ3n) is 1.75. The number of nitrogens with two attached hydrogens (primary N) is 1. The highest BCUT2D eigenvalue weighted by Gasteiger charge is 2.21. The first-order valence-electron chi connectivity index (χ1n) is 4.79. The molecule has 15 heavy (non-hydrogen) atoms. The van der Waals surface area contributed by atoms with Crippen LogP contribution in [-0.2, 0) is 4.79 Å². The van der Waals surface area contributed by atoms with E-state index < -0.39 is 6.04 Å². The van der Waals surface area contributed by atoms with Gasteiger partial charge in [0, 0.05) is 5.54 Å². The van der Waals surface area contributed by atoms with Crippen molar-refractivity contribution in [2.24, 2.45) is 0 Å². The molecular weight excluding hydrogens is 194 g/mol. The van der Waals surface area contributed by atoms with Crippen molar-refractivity contribution in [3.8, 4) is 0 Å². The van der Waals surface area contributed by atoms with Gasteiger partial charge in [0.05, 0.1) is 6.20 Å². The minimum Gasteiger partial charge on any atom is -0.381 e. The Hall–Kier alpha value is -1.59. The van der Waals surface area contributed by atoms with E-state index in [1.165, 1.54) is 11.0 Å². The zero-order valence-electron chi connectivity index (χ0n) is 9.48. The van der Waals surface area contributed by atoms with Gasteiger partial charge in [0.15, 0.2) is 5.82 Å². The normalized spacial score (nSPS) is 13.6. The highest BCUT2D eigenvalue weighted by Crippen LogP contribution is 2.07. The molecule has 84 valence electrons. The van der Waals surface area contributed by atoms with Crippen LogP contribution >= 0.6 is 0 Å². The first kappa shape index (κ1) is 11.5. The number of anilines is 1. The number of nitrogen functional groups attached to an aromatic ring is 1. The molecule has 1 atom stereocenters. The molecule has 1 unspecified atom stereocenters. The Morgan fingerprint density at radius 2 is 2.20 bits per heavy atom. The summed E-state index contributed by atoms with van der Waals surface area (Å²) in [6.07, 6.45) is 1.42. The lowest BCUT2D eigenvalue weighted by molar-refractivity contribution is -0.125. The van der Waals surface area contributed by atoms with Gasteiger partial charge in [-0.25, -0.2) is 0 Å². The first-order valence-corrected chi connectivity index (χ1v) is 4.79. The minimum absolute atomic E-state index is 0.127. The van der Waals surface area contributed by atoms with Crippen molar-refractivity contribution in [2.45, 2.75) is 39.3 Å². The molecule has 0 aliphatic rings. The Labute approximate surface area is 88.8 Å². The Bertz CT molecular complexity index is 352. The highest BCUT2D eigenvalue weighted by atomic mass is 16.2. The number of nitrogens with one attached hydrogen (secondary N) is 1. The van der Waals surface area contributed by atoms with Crippen molar-refractivity contribution in [3.63, 3.8) is 0 Å². The van der Waals surface area contributed by atoms with E-state index in [1.54, 1.807) is 6.92 Å². The van der Waals surface area contributed by atoms with Crippen LogP contribution in [0.1, 0.15) is 33.7 Å². The second kappa shape index (κ2) is 3.88. The average molecular weight is 211 g/mol. The van der Waals surface area contributed by atoms with E-state index in [2.05, 4.69) is 15.5 Å². The molecule has 3 N–H and O–H groups in total. The third kappa shape index (κ3) is 3.23. The van der Waals surface area contributed by atoms with Crippen molar-refractivity contribution in [3.05, 3.63) is 6.20 Å². The van der Waals surface area contributed by atoms with Crippen molar-refractivity contribution in [1.82, 2.24) is 20.3 Å². The quantitative estimate of drug-likeness (QED) is 0.738. The second-order valence-electron chi connectivity index (χ2n) is 4.51. The Morgan fingerprint density at radius 3 is 2.60 bits per heavy atom. The van der Waals surface area contributed by atoms with E-state index in [-0.39, 0.29) is 11.4 Å². The van der Waals surface area contributed by atoms with Crippen LogP contribution in [0.4, 0.5) is 5.82 Å². The molecule has 0 fully saturated rings. The number of carbonyl (C=O) groups excluding carboxylic acids is 1. The lowest BCUT2D eigenvalue weighted by Crippen LogP contribution is -2.44. The van der Waals surface area contributed by atoms with Gasteiger partial charge in [-0.3, -0.25) is 4.79 Å². The van der Waals surface area contributed by atoms with E-state index in [0.717, 1.165) is 0 Å². The Kier molecular flexibility index (Phi) is 2.97. The van der Waals surface area contributed by atoms with Crippen LogP contribution in [0.25, 0.3) is 0 Å². The van der Waals surface area contributed by atoms with Crippen molar-refractivity contribution in [2.75, 3.05) is 5.73 Å². The van der Waals surface area contributed by atoms with Crippen LogP contribution in [0.5, 0.6) is 0 Å². The summed E-state index contributed by atoms with van der Waals surface area (Å²) in [7, 11) is 0. The maximum Gasteiger partial charge on any atom is 0.246 e. The molecule has 1 rings (SSSR count). The van der Waals surface area contributed by atoms with Gasteiger partial charge in [0.25, 0.3) is 0 Å². The van der Waals surface area contributed by atoms with E-state index in [1.807, 2.05) is 20.8 Å². The van der Waals surface area contributed by atoms with Gasteiger partial charge in [-0.1, -0.05) is 0 Å². The molecule has 0 aromatic carbocycles. The van der Waals surface area contributed by atoms with Gasteiger partial charge in [0.1, 0.15) is 6.04 Å². The van der Waals surface area contributed by atoms with Crippen LogP contribution in [0, 0.1) is 0 Å². The summed E-state index contributed by atoms with van der Waals surface area (Å²) in [4.78, 5) is 13.0. The molecule has 0 aliphatic heterocycles. The summed E-state index contributed by atoms with van der Waals surface area (Å²) in [6, 6.07) is -0.457. The molecule has 1 aromatic heterocycles. The number of carbonyl (C=O) groups is 1. The summed E-state index contributed by atoms with van der Waals surface area (Å²) in [6.45, 7) is 7.48. The van der Waals surface area contributed by atoms with Gasteiger partial charge < -0.3 is 11.1 Å². The molecule has 0 aliphatic carbocycles. The zero-order valence-corrected chi connectivity index (χ0v) is 9.48. The first-order chi connectivity index (χ1) is 6.79. The molecule has 6 heteroatoms. The van der Waals surface area contributed by atoms with Crippen molar-refractivity contribution < 1.29 is 4.79 Å². The summed E-state index contributed by atoms with van der Waals surface area (Å²) in [5.74, 6) is 0.184. The Balaban J connectivity index is 2.69. The number of hydrogen-bond donors (Lipinski definition) is 2. The van der Waals surface area contributed by atoms with Crippen molar-refractivity contribution >= 4 is 11.7 Å². The lowest BCUT2D eigenvalue weighted by atomic mass is 10.1. The summed E-state index contributed by atoms with van der Waals surface area (Å²) >= 11 is 0. The largest absolute Gasteiger partial charge is 0.381 e. The fraction of sp³-hybridized carbons (Fsp3) is 0.667. The van der Waals surface area contributed by atoms with Crippen LogP contribution < -0.4 is 11.1 Å². The fourth-order valence-electron chi connectivity index (χ4n) is 1.05. The van der Waals surface area contributed by atoms with Crippen molar-refractivity contribution in [1.29, 1.82) is 0 Å². The second-order valence-corrected chi connectivity index (χ2v) is 4.51. The number of hydrogen-bond acceptors (Lipinski definition) is 4. The van der Waals surface area contributed by atoms with Gasteiger partial charge in [0.2, 0.25) is 5.91 Å². The third-order valence-corrected chi connectivity index (χ3v) is 1.75. The van der Waals surface area contributed by atoms with E-state index in [9.17, 15) is 4.79 Å². The minimum atomic E-state index is -0.457. The SMILES string of the molecule is CC(C(=O)NC(C)(C)C)n1ncc(N)n1. The van der Waals surface area contributed by atoms with E-state index in [0.29, 0.717) is 5.82 Å². The zero-order chi connectivity index (χ0) is 11.6. The summed E-state index contributed by atoms with van der Waals surface area (Å²) in [5.41, 5.74) is 5.16. The molecule has 0 saturated carbocycles.